The number of nitrogens with one attached hydrogen (secondary N) is 1. The largest absolute Gasteiger partial charge is 0.463 e. The predicted octanol–water partition coefficient (Wildman–Crippen LogP) is 2.63. The lowest BCUT2D eigenvalue weighted by Gasteiger charge is -2.44. The first kappa shape index (κ1) is 23.7. The van der Waals surface area contributed by atoms with Gasteiger partial charge in [0.1, 0.15) is 12.7 Å². The Labute approximate surface area is 235 Å². The highest BCUT2D eigenvalue weighted by Crippen LogP contribution is 2.31. The van der Waals surface area contributed by atoms with E-state index < -0.39 is 88.7 Å². The summed E-state index contributed by atoms with van der Waals surface area (Å²) in [6.45, 7) is -3.89. The Morgan fingerprint density at radius 2 is 1.55 bits per heavy atom. The summed E-state index contributed by atoms with van der Waals surface area (Å²) in [4.78, 5) is 65.6. The molecule has 0 amide bonds. The fraction of sp³-hybridized carbons (Fsp3) is 0.417. The molecule has 1 aromatic heterocycles. The number of esters is 4. The second kappa shape index (κ2) is 12.9. The highest BCUT2D eigenvalue weighted by molar-refractivity contribution is 9.10. The molecule has 0 aliphatic carbocycles. The summed E-state index contributed by atoms with van der Waals surface area (Å²) in [5.41, 5.74) is 0.391. The van der Waals surface area contributed by atoms with Gasteiger partial charge in [-0.2, -0.15) is 0 Å². The summed E-state index contributed by atoms with van der Waals surface area (Å²) in [5.74, 6) is -4.54. The number of thiazole rings is 1. The first-order valence-corrected chi connectivity index (χ1v) is 12.3. The first-order chi connectivity index (χ1) is 20.1. The lowest BCUT2D eigenvalue weighted by Crippen LogP contribution is -2.64. The number of halogens is 1. The average Bonchev–Trinajstić information content (AvgIpc) is 3.46. The van der Waals surface area contributed by atoms with Crippen molar-refractivity contribution >= 4 is 62.1 Å². The molecule has 0 bridgehead atoms. The normalized spacial score (nSPS) is 24.0. The quantitative estimate of drug-likeness (QED) is 0.250. The number of nitrogens with zero attached hydrogens (tertiary/aromatic N) is 1. The van der Waals surface area contributed by atoms with Crippen LogP contribution >= 0.6 is 27.3 Å². The Morgan fingerprint density at radius 1 is 0.947 bits per heavy atom. The van der Waals surface area contributed by atoms with Crippen LogP contribution in [0.3, 0.4) is 0 Å². The third kappa shape index (κ3) is 7.82. The third-order valence-corrected chi connectivity index (χ3v) is 6.40. The lowest BCUT2D eigenvalue weighted by atomic mass is 9.97. The molecular formula is C24H25BrN2O10S. The molecule has 1 fully saturated rings. The second-order valence-corrected chi connectivity index (χ2v) is 9.60. The van der Waals surface area contributed by atoms with Gasteiger partial charge in [0, 0.05) is 43.1 Å². The van der Waals surface area contributed by atoms with Crippen LogP contribution in [0.15, 0.2) is 34.9 Å². The minimum Gasteiger partial charge on any atom is -0.463 e. The van der Waals surface area contributed by atoms with Gasteiger partial charge in [-0.05, 0) is 24.3 Å². The fourth-order valence-electron chi connectivity index (χ4n) is 3.51. The summed E-state index contributed by atoms with van der Waals surface area (Å²) in [6, 6.07) is 6.63. The van der Waals surface area contributed by atoms with Crippen LogP contribution in [0, 0.1) is 0 Å². The molecule has 2 heterocycles. The maximum absolute atomic E-state index is 12.9. The first-order valence-electron chi connectivity index (χ1n) is 13.5. The molecule has 1 aliphatic rings. The van der Waals surface area contributed by atoms with E-state index in [0.717, 1.165) is 15.8 Å². The number of rotatable bonds is 9. The van der Waals surface area contributed by atoms with Gasteiger partial charge in [-0.3, -0.25) is 24.0 Å². The van der Waals surface area contributed by atoms with E-state index in [9.17, 15) is 24.0 Å². The van der Waals surface area contributed by atoms with Gasteiger partial charge in [0.05, 0.1) is 11.1 Å². The highest BCUT2D eigenvalue weighted by Gasteiger charge is 2.52. The van der Waals surface area contributed by atoms with E-state index in [1.807, 2.05) is 0 Å². The minimum atomic E-state index is -1.65. The van der Waals surface area contributed by atoms with Crippen molar-refractivity contribution in [2.75, 3.05) is 11.9 Å². The number of benzene rings is 1. The topological polar surface area (TPSA) is 156 Å². The lowest BCUT2D eigenvalue weighted by molar-refractivity contribution is -0.247. The minimum absolute atomic E-state index is 0.0986. The van der Waals surface area contributed by atoms with Crippen LogP contribution in [0.5, 0.6) is 0 Å². The van der Waals surface area contributed by atoms with Crippen LogP contribution in [-0.4, -0.2) is 71.9 Å². The van der Waals surface area contributed by atoms with Gasteiger partial charge in [-0.15, -0.1) is 0 Å². The molecule has 204 valence electrons. The van der Waals surface area contributed by atoms with Gasteiger partial charge in [0.2, 0.25) is 5.78 Å². The number of hydrogen-bond donors (Lipinski definition) is 1. The number of ketones is 1. The van der Waals surface area contributed by atoms with Crippen molar-refractivity contribution in [1.29, 1.82) is 0 Å². The van der Waals surface area contributed by atoms with E-state index in [-0.39, 0.29) is 15.8 Å². The molecule has 0 saturated carbocycles. The van der Waals surface area contributed by atoms with Gasteiger partial charge >= 0.3 is 23.9 Å². The van der Waals surface area contributed by atoms with E-state index in [1.165, 1.54) is 6.20 Å². The van der Waals surface area contributed by atoms with Crippen molar-refractivity contribution in [3.05, 3.63) is 45.4 Å². The van der Waals surface area contributed by atoms with Gasteiger partial charge < -0.3 is 29.0 Å². The van der Waals surface area contributed by atoms with E-state index in [4.69, 9.17) is 29.2 Å². The molecule has 2 aromatic rings. The maximum Gasteiger partial charge on any atom is 0.303 e. The smallest absolute Gasteiger partial charge is 0.303 e. The second-order valence-electron chi connectivity index (χ2n) is 7.65. The number of aromatic nitrogens is 1. The molecule has 3 rings (SSSR count). The van der Waals surface area contributed by atoms with Crippen molar-refractivity contribution < 1.29 is 53.1 Å². The monoisotopic (exact) mass is 616 g/mol. The summed E-state index contributed by atoms with van der Waals surface area (Å²) in [5, 5.41) is 2.93. The van der Waals surface area contributed by atoms with Gasteiger partial charge in [-0.1, -0.05) is 27.3 Å². The van der Waals surface area contributed by atoms with Gasteiger partial charge in [-0.25, -0.2) is 4.98 Å². The summed E-state index contributed by atoms with van der Waals surface area (Å²) in [6.07, 6.45) is -6.36. The summed E-state index contributed by atoms with van der Waals surface area (Å²) in [7, 11) is 0. The summed E-state index contributed by atoms with van der Waals surface area (Å²) < 4.78 is 56.8. The molecule has 14 heteroatoms. The average molecular weight is 617 g/mol. The molecular weight excluding hydrogens is 588 g/mol. The van der Waals surface area contributed by atoms with Crippen LogP contribution in [0.2, 0.25) is 0 Å². The van der Waals surface area contributed by atoms with Crippen molar-refractivity contribution in [3.63, 3.8) is 0 Å². The van der Waals surface area contributed by atoms with Gasteiger partial charge in [0.15, 0.2) is 29.7 Å². The molecule has 1 saturated heterocycles. The van der Waals surface area contributed by atoms with Crippen LogP contribution in [0.4, 0.5) is 5.13 Å². The standard InChI is InChI=1S/C24H25BrN2O10S/c1-11(28)33-10-17-20(34-12(2)29)21(35-13(3)30)22(36-14(4)31)23(37-17)27-24-26-9-18(38-24)19(32)15-5-7-16(25)8-6-15/h5-9,17,20-23H,10H2,1-4H3,(H,26,27)/t17-,20-,21+,22+,23?/m1/s1/i1D,2D,3D,4D. The molecule has 12 nitrogen and oxygen atoms in total. The number of anilines is 1. The fourth-order valence-corrected chi connectivity index (χ4v) is 4.58. The van der Waals surface area contributed by atoms with Crippen molar-refractivity contribution in [1.82, 2.24) is 4.98 Å². The van der Waals surface area contributed by atoms with E-state index in [0.29, 0.717) is 5.56 Å². The molecule has 0 radical (unpaired) electrons. The maximum atomic E-state index is 12.9. The van der Waals surface area contributed by atoms with E-state index in [2.05, 4.69) is 26.2 Å². The molecule has 38 heavy (non-hydrogen) atoms. The molecule has 5 atom stereocenters. The Bertz CT molecular complexity index is 1280. The van der Waals surface area contributed by atoms with E-state index in [1.54, 1.807) is 24.3 Å². The molecule has 1 unspecified atom stereocenters. The van der Waals surface area contributed by atoms with Crippen molar-refractivity contribution in [2.45, 2.75) is 58.2 Å². The van der Waals surface area contributed by atoms with Crippen LogP contribution < -0.4 is 5.32 Å². The summed E-state index contributed by atoms with van der Waals surface area (Å²) >= 11 is 4.22. The number of carbonyl (C=O) groups excluding carboxylic acids is 5. The zero-order valence-corrected chi connectivity index (χ0v) is 22.0. The Hall–Kier alpha value is -3.36. The molecule has 1 aliphatic heterocycles. The van der Waals surface area contributed by atoms with Crippen molar-refractivity contribution in [2.24, 2.45) is 0 Å². The van der Waals surface area contributed by atoms with Crippen molar-refractivity contribution in [3.8, 4) is 0 Å². The molecule has 0 spiro atoms. The van der Waals surface area contributed by atoms with E-state index >= 15 is 0 Å². The zero-order valence-electron chi connectivity index (χ0n) is 23.6. The Morgan fingerprint density at radius 3 is 2.18 bits per heavy atom. The van der Waals surface area contributed by atoms with Gasteiger partial charge in [0.25, 0.3) is 0 Å². The number of ether oxygens (including phenoxy) is 5. The van der Waals surface area contributed by atoms with Crippen LogP contribution in [0.25, 0.3) is 0 Å². The SMILES string of the molecule is [2H]CC(=O)OC[C@H]1OC(Nc2ncc(C(=O)c3ccc(Br)cc3)s2)[C@@H](OC(=O)C[2H])[C@@H](OC(=O)C[2H])[C@@H]1OC(=O)C[2H]. The predicted molar refractivity (Wildman–Crippen MR) is 135 cm³/mol. The third-order valence-electron chi connectivity index (χ3n) is 4.95. The number of carbonyl (C=O) groups is 5. The highest BCUT2D eigenvalue weighted by atomic mass is 79.9. The molecule has 1 aromatic carbocycles. The number of hydrogen-bond acceptors (Lipinski definition) is 13. The zero-order chi connectivity index (χ0) is 30.8. The Kier molecular flexibility index (Phi) is 8.08. The van der Waals surface area contributed by atoms with Crippen LogP contribution in [0.1, 0.15) is 48.3 Å². The Balaban J connectivity index is 1.97. The molecule has 1 N–H and O–H groups in total. The van der Waals surface area contributed by atoms with Crippen LogP contribution in [-0.2, 0) is 42.9 Å².